The van der Waals surface area contributed by atoms with Gasteiger partial charge in [-0.25, -0.2) is 4.39 Å². The third-order valence-corrected chi connectivity index (χ3v) is 0.933. The Hall–Kier alpha value is -0.850. The molecule has 0 rings (SSSR count). The van der Waals surface area contributed by atoms with E-state index in [4.69, 9.17) is 0 Å². The van der Waals surface area contributed by atoms with Gasteiger partial charge >= 0.3 is 0 Å². The van der Waals surface area contributed by atoms with Crippen molar-refractivity contribution in [1.29, 1.82) is 0 Å². The number of hydrogen-bond donors (Lipinski definition) is 0. The molecule has 0 N–H and O–H groups in total. The normalized spacial score (nSPS) is 9.90. The predicted octanol–water partition coefficient (Wildman–Crippen LogP) is 3.03. The van der Waals surface area contributed by atoms with Crippen LogP contribution in [0.1, 0.15) is 13.8 Å². The maximum absolute atomic E-state index is 11.7. The highest BCUT2D eigenvalue weighted by atomic mass is 19.1. The molecule has 0 aliphatic heterocycles. The summed E-state index contributed by atoms with van der Waals surface area (Å²) in [6.07, 6.45) is 5.39. The van der Waals surface area contributed by atoms with E-state index < -0.39 is 6.67 Å². The Morgan fingerprint density at radius 1 is 1.50 bits per heavy atom. The summed E-state index contributed by atoms with van der Waals surface area (Å²) in [7, 11) is 0. The molecule has 1 heteroatoms. The van der Waals surface area contributed by atoms with Crippen LogP contribution in [-0.4, -0.2) is 6.67 Å². The van der Waals surface area contributed by atoms with Crippen molar-refractivity contribution in [2.24, 2.45) is 0 Å². The molecule has 0 aliphatic rings. The molecule has 10 heavy (non-hydrogen) atoms. The van der Waals surface area contributed by atoms with E-state index >= 15 is 0 Å². The quantitative estimate of drug-likeness (QED) is 0.528. The molecular weight excluding hydrogens is 127 g/mol. The fraction of sp³-hybridized carbons (Fsp3) is 0.333. The van der Waals surface area contributed by atoms with E-state index in [-0.39, 0.29) is 0 Å². The van der Waals surface area contributed by atoms with Crippen molar-refractivity contribution in [3.63, 3.8) is 0 Å². The van der Waals surface area contributed by atoms with Crippen molar-refractivity contribution in [3.05, 3.63) is 36.0 Å². The largest absolute Gasteiger partial charge is 0.246 e. The molecule has 0 saturated heterocycles. The molecule has 0 bridgehead atoms. The van der Waals surface area contributed by atoms with E-state index in [1.165, 1.54) is 5.57 Å². The first-order valence-corrected chi connectivity index (χ1v) is 3.22. The van der Waals surface area contributed by atoms with Gasteiger partial charge in [-0.15, -0.1) is 0 Å². The Kier molecular flexibility index (Phi) is 4.55. The summed E-state index contributed by atoms with van der Waals surface area (Å²) in [5.74, 6) is 0. The van der Waals surface area contributed by atoms with Gasteiger partial charge in [0.1, 0.15) is 6.67 Å². The van der Waals surface area contributed by atoms with Crippen molar-refractivity contribution < 1.29 is 4.39 Å². The third kappa shape index (κ3) is 5.29. The Labute approximate surface area is 61.8 Å². The summed E-state index contributed by atoms with van der Waals surface area (Å²) in [4.78, 5) is 0. The second-order valence-corrected chi connectivity index (χ2v) is 2.40. The average molecular weight is 140 g/mol. The van der Waals surface area contributed by atoms with E-state index in [1.807, 2.05) is 19.9 Å². The third-order valence-electron chi connectivity index (χ3n) is 0.933. The highest BCUT2D eigenvalue weighted by Crippen LogP contribution is 1.95. The lowest BCUT2D eigenvalue weighted by atomic mass is 10.2. The molecule has 0 aliphatic carbocycles. The van der Waals surface area contributed by atoms with Gasteiger partial charge < -0.3 is 0 Å². The minimum atomic E-state index is -0.465. The molecule has 0 atom stereocenters. The van der Waals surface area contributed by atoms with E-state index in [0.29, 0.717) is 5.57 Å². The summed E-state index contributed by atoms with van der Waals surface area (Å²) in [5, 5.41) is 0. The van der Waals surface area contributed by atoms with Gasteiger partial charge in [-0.05, 0) is 19.4 Å². The minimum absolute atomic E-state index is 0.465. The van der Waals surface area contributed by atoms with Crippen LogP contribution >= 0.6 is 0 Å². The summed E-state index contributed by atoms with van der Waals surface area (Å²) >= 11 is 0. The van der Waals surface area contributed by atoms with E-state index in [1.54, 1.807) is 12.2 Å². The van der Waals surface area contributed by atoms with Gasteiger partial charge in [-0.2, -0.15) is 0 Å². The smallest absolute Gasteiger partial charge is 0.114 e. The molecule has 0 fully saturated rings. The fourth-order valence-corrected chi connectivity index (χ4v) is 0.421. The highest BCUT2D eigenvalue weighted by Gasteiger charge is 1.80. The molecule has 0 amide bonds. The maximum Gasteiger partial charge on any atom is 0.114 e. The van der Waals surface area contributed by atoms with Crippen molar-refractivity contribution >= 4 is 0 Å². The van der Waals surface area contributed by atoms with Crippen LogP contribution in [0.4, 0.5) is 4.39 Å². The van der Waals surface area contributed by atoms with E-state index in [2.05, 4.69) is 6.58 Å². The van der Waals surface area contributed by atoms with Gasteiger partial charge in [0.05, 0.1) is 0 Å². The lowest BCUT2D eigenvalue weighted by Crippen LogP contribution is -1.74. The highest BCUT2D eigenvalue weighted by molar-refractivity contribution is 5.20. The molecule has 0 spiro atoms. The number of halogens is 1. The molecule has 0 aromatic carbocycles. The number of allylic oxidation sites excluding steroid dienone is 5. The zero-order chi connectivity index (χ0) is 7.98. The molecular formula is C9H13F. The van der Waals surface area contributed by atoms with Crippen LogP contribution in [0.5, 0.6) is 0 Å². The number of alkyl halides is 1. The van der Waals surface area contributed by atoms with Crippen LogP contribution in [0, 0.1) is 0 Å². The van der Waals surface area contributed by atoms with E-state index in [9.17, 15) is 4.39 Å². The van der Waals surface area contributed by atoms with Crippen LogP contribution in [0.3, 0.4) is 0 Å². The van der Waals surface area contributed by atoms with Crippen LogP contribution in [0.15, 0.2) is 36.0 Å². The topological polar surface area (TPSA) is 0 Å². The number of rotatable bonds is 3. The van der Waals surface area contributed by atoms with Gasteiger partial charge in [0, 0.05) is 0 Å². The first-order valence-electron chi connectivity index (χ1n) is 3.22. The minimum Gasteiger partial charge on any atom is -0.246 e. The van der Waals surface area contributed by atoms with Crippen LogP contribution in [-0.2, 0) is 0 Å². The fourth-order valence-electron chi connectivity index (χ4n) is 0.421. The lowest BCUT2D eigenvalue weighted by molar-refractivity contribution is 0.550. The van der Waals surface area contributed by atoms with Gasteiger partial charge in [0.15, 0.2) is 0 Å². The van der Waals surface area contributed by atoms with Crippen LogP contribution in [0.25, 0.3) is 0 Å². The van der Waals surface area contributed by atoms with E-state index in [0.717, 1.165) is 0 Å². The Morgan fingerprint density at radius 2 is 2.10 bits per heavy atom. The van der Waals surface area contributed by atoms with Gasteiger partial charge in [0.25, 0.3) is 0 Å². The first-order chi connectivity index (χ1) is 4.66. The van der Waals surface area contributed by atoms with Crippen molar-refractivity contribution in [1.82, 2.24) is 0 Å². The zero-order valence-corrected chi connectivity index (χ0v) is 6.52. The first kappa shape index (κ1) is 9.15. The summed E-state index contributed by atoms with van der Waals surface area (Å²) in [6, 6.07) is 0. The van der Waals surface area contributed by atoms with Gasteiger partial charge in [-0.3, -0.25) is 0 Å². The molecule has 0 heterocycles. The van der Waals surface area contributed by atoms with Crippen molar-refractivity contribution in [2.75, 3.05) is 6.67 Å². The monoisotopic (exact) mass is 140 g/mol. The lowest BCUT2D eigenvalue weighted by Gasteiger charge is -1.86. The predicted molar refractivity (Wildman–Crippen MR) is 43.7 cm³/mol. The Balaban J connectivity index is 3.77. The summed E-state index contributed by atoms with van der Waals surface area (Å²) in [6.45, 7) is 6.99. The zero-order valence-electron chi connectivity index (χ0n) is 6.52. The molecule has 0 nitrogen and oxygen atoms in total. The molecule has 56 valence electrons. The van der Waals surface area contributed by atoms with Crippen molar-refractivity contribution in [2.45, 2.75) is 13.8 Å². The second kappa shape index (κ2) is 4.98. The molecule has 0 radical (unpaired) electrons. The standard InChI is InChI=1S/C9H13F/c1-8(2)5-4-6-9(3)7-10/h4-6H,3,7H2,1-2H3/b6-4-. The maximum atomic E-state index is 11.7. The van der Waals surface area contributed by atoms with Crippen molar-refractivity contribution in [3.8, 4) is 0 Å². The summed E-state index contributed by atoms with van der Waals surface area (Å²) < 4.78 is 11.7. The summed E-state index contributed by atoms with van der Waals surface area (Å²) in [5.41, 5.74) is 1.71. The number of hydrogen-bond acceptors (Lipinski definition) is 0. The SMILES string of the molecule is C=C(/C=C\C=C(C)C)CF. The van der Waals surface area contributed by atoms with Crippen LogP contribution < -0.4 is 0 Å². The Bertz CT molecular complexity index is 160. The molecule has 0 aromatic rings. The van der Waals surface area contributed by atoms with Gasteiger partial charge in [0.2, 0.25) is 0 Å². The second-order valence-electron chi connectivity index (χ2n) is 2.40. The average Bonchev–Trinajstić information content (AvgIpc) is 1.87. The molecule has 0 aromatic heterocycles. The van der Waals surface area contributed by atoms with Crippen LogP contribution in [0.2, 0.25) is 0 Å². The van der Waals surface area contributed by atoms with Gasteiger partial charge in [-0.1, -0.05) is 30.4 Å². The molecule has 0 saturated carbocycles. The molecule has 0 unspecified atom stereocenters. The Morgan fingerprint density at radius 3 is 2.50 bits per heavy atom.